The van der Waals surface area contributed by atoms with Crippen LogP contribution in [0, 0.1) is 81.7 Å². The molecule has 118 heavy (non-hydrogen) atoms. The van der Waals surface area contributed by atoms with Gasteiger partial charge in [-0.15, -0.1) is 0 Å². The van der Waals surface area contributed by atoms with Gasteiger partial charge >= 0.3 is 81.7 Å². The monoisotopic (exact) mass is 1840 g/mol. The van der Waals surface area contributed by atoms with E-state index in [1.165, 1.54) is 51.4 Å². The molecule has 4 heterocycles. The molecule has 12 aromatic rings. The van der Waals surface area contributed by atoms with Gasteiger partial charge in [-0.25, -0.2) is 0 Å². The smallest absolute Gasteiger partial charge is 0.549 e. The molecular formula is C100H98Nd2O16. The number of aliphatic carboxylic acids is 6. The van der Waals surface area contributed by atoms with E-state index in [0.29, 0.717) is 0 Å². The maximum atomic E-state index is 11.2. The van der Waals surface area contributed by atoms with Crippen molar-refractivity contribution in [2.24, 2.45) is 0 Å². The molecule has 0 N–H and O–H groups in total. The summed E-state index contributed by atoms with van der Waals surface area (Å²) in [4.78, 5) is 67.1. The van der Waals surface area contributed by atoms with Crippen LogP contribution >= 0.6 is 0 Å². The van der Waals surface area contributed by atoms with Crippen LogP contribution in [0.4, 0.5) is 0 Å². The van der Waals surface area contributed by atoms with Crippen LogP contribution < -0.4 is 30.6 Å². The summed E-state index contributed by atoms with van der Waals surface area (Å²) in [5.74, 6) is -10.6. The molecule has 0 aromatic heterocycles. The normalized spacial score (nSPS) is 12.5. The van der Waals surface area contributed by atoms with Crippen LogP contribution in [0.15, 0.2) is 364 Å². The molecule has 4 saturated heterocycles. The zero-order chi connectivity index (χ0) is 82.4. The van der Waals surface area contributed by atoms with Gasteiger partial charge in [0.2, 0.25) is 0 Å². The Bertz CT molecular complexity index is 3590. The summed E-state index contributed by atoms with van der Waals surface area (Å²) < 4.78 is 19.8. The van der Waals surface area contributed by atoms with Gasteiger partial charge in [0.05, 0.1) is 35.8 Å². The van der Waals surface area contributed by atoms with Crippen LogP contribution in [0.2, 0.25) is 0 Å². The minimum atomic E-state index is -1.07. The third-order valence-electron chi connectivity index (χ3n) is 18.3. The van der Waals surface area contributed by atoms with Crippen molar-refractivity contribution in [3.8, 4) is 0 Å². The van der Waals surface area contributed by atoms with Gasteiger partial charge in [-0.1, -0.05) is 364 Å². The second-order valence-electron chi connectivity index (χ2n) is 26.7. The van der Waals surface area contributed by atoms with Crippen LogP contribution in [0.25, 0.3) is 0 Å². The van der Waals surface area contributed by atoms with Crippen LogP contribution in [0.1, 0.15) is 154 Å². The fraction of sp³-hybridized carbons (Fsp3) is 0.220. The average Bonchev–Trinajstić information content (AvgIpc) is 1.30. The molecule has 602 valence electrons. The van der Waals surface area contributed by atoms with Gasteiger partial charge < -0.3 is 78.4 Å². The van der Waals surface area contributed by atoms with Crippen molar-refractivity contribution in [2.45, 2.75) is 86.9 Å². The number of benzene rings is 12. The number of hydrogen-bond acceptors (Lipinski definition) is 16. The predicted octanol–water partition coefficient (Wildman–Crippen LogP) is 12.6. The Morgan fingerprint density at radius 1 is 0.161 bits per heavy atom. The Morgan fingerprint density at radius 2 is 0.237 bits per heavy atom. The number of carboxylic acids is 6. The molecule has 16 rings (SSSR count). The van der Waals surface area contributed by atoms with Crippen molar-refractivity contribution >= 4 is 35.8 Å². The Labute approximate surface area is 759 Å². The standard InChI is InChI=1S/6C14H12O2.4C4H8O.2Nd/c6*15-14(16)13(11-7-3-1-4-8-11)12-9-5-2-6-10-12;4*1-2-4-5-3-1;;/h6*1-10,13H,(H,15,16);4*1-4H2;;/q;;;;;;;;;;2*+3/p-6. The molecule has 16 nitrogen and oxygen atoms in total. The molecule has 0 amide bonds. The first kappa shape index (κ1) is 98.6. The number of carbonyl (C=O) groups excluding carboxylic acids is 6. The Kier molecular flexibility index (Phi) is 49.8. The molecule has 0 bridgehead atoms. The third kappa shape index (κ3) is 36.9. The van der Waals surface area contributed by atoms with Crippen molar-refractivity contribution < 1.29 is 160 Å². The largest absolute Gasteiger partial charge is 3.00 e. The van der Waals surface area contributed by atoms with E-state index in [1.807, 2.05) is 218 Å². The second-order valence-corrected chi connectivity index (χ2v) is 26.7. The van der Waals surface area contributed by atoms with E-state index >= 15 is 0 Å². The Balaban J connectivity index is 0.000000239. The minimum Gasteiger partial charge on any atom is -0.549 e. The minimum absolute atomic E-state index is 0. The van der Waals surface area contributed by atoms with Crippen LogP contribution in [-0.2, 0) is 47.7 Å². The van der Waals surface area contributed by atoms with Crippen molar-refractivity contribution in [3.05, 3.63) is 431 Å². The number of hydrogen-bond donors (Lipinski definition) is 0. The SMILES string of the molecule is C1CCOC1.C1CCOC1.C1CCOC1.C1CCOC1.O=C([O-])C(c1ccccc1)c1ccccc1.O=C([O-])C(c1ccccc1)c1ccccc1.O=C([O-])C(c1ccccc1)c1ccccc1.O=C([O-])C(c1ccccc1)c1ccccc1.O=C([O-])C(c1ccccc1)c1ccccc1.O=C([O-])C(c1ccccc1)c1ccccc1.[Nd+3].[Nd+3]. The molecule has 18 heteroatoms. The summed E-state index contributed by atoms with van der Waals surface area (Å²) in [7, 11) is 0. The fourth-order valence-corrected chi connectivity index (χ4v) is 12.6. The molecule has 4 aliphatic rings. The third-order valence-corrected chi connectivity index (χ3v) is 18.3. The van der Waals surface area contributed by atoms with Crippen molar-refractivity contribution in [1.82, 2.24) is 0 Å². The van der Waals surface area contributed by atoms with Gasteiger partial charge in [0.25, 0.3) is 0 Å². The van der Waals surface area contributed by atoms with Gasteiger partial charge in [-0.3, -0.25) is 0 Å². The van der Waals surface area contributed by atoms with Gasteiger partial charge in [-0.05, 0) is 118 Å². The van der Waals surface area contributed by atoms with Crippen molar-refractivity contribution in [1.29, 1.82) is 0 Å². The summed E-state index contributed by atoms with van der Waals surface area (Å²) in [5.41, 5.74) is 8.93. The molecule has 0 aliphatic carbocycles. The number of carbonyl (C=O) groups is 6. The molecule has 12 aromatic carbocycles. The van der Waals surface area contributed by atoms with Crippen LogP contribution in [0.3, 0.4) is 0 Å². The van der Waals surface area contributed by atoms with Gasteiger partial charge in [0.1, 0.15) is 0 Å². The molecule has 4 fully saturated rings. The zero-order valence-corrected chi connectivity index (χ0v) is 72.4. The quantitative estimate of drug-likeness (QED) is 0.0772. The van der Waals surface area contributed by atoms with E-state index in [9.17, 15) is 59.4 Å². The number of ether oxygens (including phenoxy) is 4. The zero-order valence-electron chi connectivity index (χ0n) is 66.0. The van der Waals surface area contributed by atoms with E-state index in [1.54, 1.807) is 146 Å². The summed E-state index contributed by atoms with van der Waals surface area (Å²) in [6.07, 6.45) is 10.2. The summed E-state index contributed by atoms with van der Waals surface area (Å²) in [6, 6.07) is 109. The summed E-state index contributed by atoms with van der Waals surface area (Å²) in [5, 5.41) is 67.1. The van der Waals surface area contributed by atoms with Gasteiger partial charge in [0.15, 0.2) is 0 Å². The molecule has 0 unspecified atom stereocenters. The predicted molar refractivity (Wildman–Crippen MR) is 439 cm³/mol. The molecular weight excluding hydrogens is 1750 g/mol. The summed E-state index contributed by atoms with van der Waals surface area (Å²) >= 11 is 0. The number of rotatable bonds is 18. The van der Waals surface area contributed by atoms with E-state index in [0.717, 1.165) is 120 Å². The van der Waals surface area contributed by atoms with Crippen LogP contribution in [-0.4, -0.2) is 88.7 Å². The van der Waals surface area contributed by atoms with Gasteiger partial charge in [-0.2, -0.15) is 0 Å². The van der Waals surface area contributed by atoms with Crippen LogP contribution in [0.5, 0.6) is 0 Å². The maximum Gasteiger partial charge on any atom is 3.00 e. The van der Waals surface area contributed by atoms with Crippen molar-refractivity contribution in [2.75, 3.05) is 52.9 Å². The first-order chi connectivity index (χ1) is 56.7. The fourth-order valence-electron chi connectivity index (χ4n) is 12.6. The van der Waals surface area contributed by atoms with Gasteiger partial charge in [0, 0.05) is 88.4 Å². The maximum absolute atomic E-state index is 11.2. The Morgan fingerprint density at radius 3 is 0.288 bits per heavy atom. The van der Waals surface area contributed by atoms with Crippen molar-refractivity contribution in [3.63, 3.8) is 0 Å². The molecule has 4 aliphatic heterocycles. The van der Waals surface area contributed by atoms with E-state index in [2.05, 4.69) is 0 Å². The molecule has 0 spiro atoms. The first-order valence-electron chi connectivity index (χ1n) is 38.9. The average molecular weight is 1840 g/mol. The van der Waals surface area contributed by atoms with E-state index in [-0.39, 0.29) is 81.7 Å². The molecule has 0 atom stereocenters. The molecule has 0 saturated carbocycles. The first-order valence-corrected chi connectivity index (χ1v) is 38.9. The second kappa shape index (κ2) is 59.6. The van der Waals surface area contributed by atoms with E-state index < -0.39 is 71.3 Å². The number of carboxylic acid groups (broad SMARTS) is 6. The topological polar surface area (TPSA) is 278 Å². The van der Waals surface area contributed by atoms with E-state index in [4.69, 9.17) is 18.9 Å². The summed E-state index contributed by atoms with van der Waals surface area (Å²) in [6.45, 7) is 8.00. The molecule has 2 radical (unpaired) electrons. The Hall–Kier alpha value is -10.00.